The van der Waals surface area contributed by atoms with Gasteiger partial charge in [0.05, 0.1) is 6.42 Å². The third-order valence-electron chi connectivity index (χ3n) is 1.97. The Labute approximate surface area is 92.7 Å². The number of hydrogen-bond donors (Lipinski definition) is 1. The predicted molar refractivity (Wildman–Crippen MR) is 56.5 cm³/mol. The Hall–Kier alpha value is -1.89. The summed E-state index contributed by atoms with van der Waals surface area (Å²) in [5.74, 6) is 0.0561. The van der Waals surface area contributed by atoms with Crippen molar-refractivity contribution in [1.29, 1.82) is 0 Å². The number of benzene rings is 1. The number of carbonyl (C=O) groups excluding carboxylic acids is 1. The molecule has 0 saturated carbocycles. The highest BCUT2D eigenvalue weighted by atomic mass is 19.2. The Morgan fingerprint density at radius 3 is 2.88 bits per heavy atom. The summed E-state index contributed by atoms with van der Waals surface area (Å²) in [6, 6.07) is 3.75. The van der Waals surface area contributed by atoms with Crippen LogP contribution >= 0.6 is 0 Å². The molecular formula is C12H11F2NO. The molecule has 0 aliphatic carbocycles. The van der Waals surface area contributed by atoms with E-state index in [0.717, 1.165) is 6.07 Å². The van der Waals surface area contributed by atoms with Crippen molar-refractivity contribution in [2.75, 3.05) is 6.54 Å². The van der Waals surface area contributed by atoms with E-state index in [9.17, 15) is 13.6 Å². The van der Waals surface area contributed by atoms with Gasteiger partial charge >= 0.3 is 0 Å². The number of carbonyl (C=O) groups is 1. The second-order valence-corrected chi connectivity index (χ2v) is 3.19. The van der Waals surface area contributed by atoms with Gasteiger partial charge in [0, 0.05) is 18.5 Å². The van der Waals surface area contributed by atoms with E-state index in [4.69, 9.17) is 6.42 Å². The quantitative estimate of drug-likeness (QED) is 0.610. The van der Waals surface area contributed by atoms with Crippen LogP contribution in [-0.4, -0.2) is 12.5 Å². The maximum Gasteiger partial charge on any atom is 0.224 e. The van der Waals surface area contributed by atoms with Crippen LogP contribution in [0, 0.1) is 24.0 Å². The normalized spacial score (nSPS) is 9.56. The molecule has 0 radical (unpaired) electrons. The van der Waals surface area contributed by atoms with Gasteiger partial charge in [0.2, 0.25) is 5.91 Å². The number of halogens is 2. The van der Waals surface area contributed by atoms with Crippen molar-refractivity contribution in [1.82, 2.24) is 5.32 Å². The summed E-state index contributed by atoms with van der Waals surface area (Å²) < 4.78 is 26.0. The molecule has 1 aromatic rings. The van der Waals surface area contributed by atoms with Crippen LogP contribution in [0.1, 0.15) is 12.0 Å². The molecule has 0 saturated heterocycles. The Morgan fingerprint density at radius 1 is 1.44 bits per heavy atom. The molecule has 2 nitrogen and oxygen atoms in total. The van der Waals surface area contributed by atoms with Crippen LogP contribution < -0.4 is 5.32 Å². The van der Waals surface area contributed by atoms with Gasteiger partial charge in [0.1, 0.15) is 0 Å². The summed E-state index contributed by atoms with van der Waals surface area (Å²) in [4.78, 5) is 11.3. The zero-order chi connectivity index (χ0) is 12.0. The van der Waals surface area contributed by atoms with E-state index in [1.165, 1.54) is 12.1 Å². The molecule has 1 aromatic carbocycles. The van der Waals surface area contributed by atoms with Gasteiger partial charge in [-0.25, -0.2) is 8.78 Å². The second kappa shape index (κ2) is 5.86. The van der Waals surface area contributed by atoms with Crippen LogP contribution in [0.15, 0.2) is 18.2 Å². The third-order valence-corrected chi connectivity index (χ3v) is 1.97. The largest absolute Gasteiger partial charge is 0.355 e. The van der Waals surface area contributed by atoms with E-state index in [1.807, 2.05) is 0 Å². The molecule has 4 heteroatoms. The summed E-state index contributed by atoms with van der Waals surface area (Å²) in [6.45, 7) is 0.340. The molecule has 0 atom stereocenters. The maximum atomic E-state index is 13.2. The van der Waals surface area contributed by atoms with Crippen LogP contribution in [0.4, 0.5) is 8.78 Å². The monoisotopic (exact) mass is 223 g/mol. The van der Waals surface area contributed by atoms with Crippen LogP contribution in [0.5, 0.6) is 0 Å². The molecule has 0 heterocycles. The minimum atomic E-state index is -0.977. The van der Waals surface area contributed by atoms with E-state index in [0.29, 0.717) is 13.0 Å². The van der Waals surface area contributed by atoms with Gasteiger partial charge in [-0.15, -0.1) is 12.3 Å². The van der Waals surface area contributed by atoms with E-state index >= 15 is 0 Å². The van der Waals surface area contributed by atoms with Crippen molar-refractivity contribution in [2.45, 2.75) is 12.8 Å². The van der Waals surface area contributed by atoms with Crippen LogP contribution in [0.25, 0.3) is 0 Å². The SMILES string of the molecule is C#CCCNC(=O)Cc1cccc(F)c1F. The standard InChI is InChI=1S/C12H11F2NO/c1-2-3-7-15-11(16)8-9-5-4-6-10(13)12(9)14/h1,4-6H,3,7-8H2,(H,15,16). The summed E-state index contributed by atoms with van der Waals surface area (Å²) in [7, 11) is 0. The summed E-state index contributed by atoms with van der Waals surface area (Å²) in [6.07, 6.45) is 5.23. The second-order valence-electron chi connectivity index (χ2n) is 3.19. The molecule has 1 N–H and O–H groups in total. The molecule has 1 rings (SSSR count). The molecule has 84 valence electrons. The summed E-state index contributed by atoms with van der Waals surface area (Å²) in [5.41, 5.74) is 0.0400. The zero-order valence-electron chi connectivity index (χ0n) is 8.59. The first-order valence-corrected chi connectivity index (χ1v) is 4.78. The molecule has 1 amide bonds. The molecule has 0 unspecified atom stereocenters. The van der Waals surface area contributed by atoms with Crippen molar-refractivity contribution in [2.24, 2.45) is 0 Å². The smallest absolute Gasteiger partial charge is 0.224 e. The van der Waals surface area contributed by atoms with Gasteiger partial charge in [-0.3, -0.25) is 4.79 Å². The lowest BCUT2D eigenvalue weighted by atomic mass is 10.1. The van der Waals surface area contributed by atoms with Crippen LogP contribution in [0.3, 0.4) is 0 Å². The minimum absolute atomic E-state index is 0.0400. The number of hydrogen-bond acceptors (Lipinski definition) is 1. The van der Waals surface area contributed by atoms with Gasteiger partial charge < -0.3 is 5.32 Å². The van der Waals surface area contributed by atoms with E-state index in [2.05, 4.69) is 11.2 Å². The van der Waals surface area contributed by atoms with Crippen molar-refractivity contribution >= 4 is 5.91 Å². The molecule has 0 fully saturated rings. The topological polar surface area (TPSA) is 29.1 Å². The molecule has 0 spiro atoms. The molecular weight excluding hydrogens is 212 g/mol. The van der Waals surface area contributed by atoms with Gasteiger partial charge in [-0.05, 0) is 6.07 Å². The van der Waals surface area contributed by atoms with E-state index in [1.54, 1.807) is 0 Å². The van der Waals surface area contributed by atoms with Crippen molar-refractivity contribution < 1.29 is 13.6 Å². The number of nitrogens with one attached hydrogen (secondary N) is 1. The highest BCUT2D eigenvalue weighted by Crippen LogP contribution is 2.11. The Bertz CT molecular complexity index is 424. The fourth-order valence-electron chi connectivity index (χ4n) is 1.19. The number of rotatable bonds is 4. The summed E-state index contributed by atoms with van der Waals surface area (Å²) in [5, 5.41) is 2.51. The van der Waals surface area contributed by atoms with Crippen LogP contribution in [-0.2, 0) is 11.2 Å². The average Bonchev–Trinajstić information content (AvgIpc) is 2.25. The van der Waals surface area contributed by atoms with Gasteiger partial charge in [0.15, 0.2) is 11.6 Å². The Kier molecular flexibility index (Phi) is 4.46. The lowest BCUT2D eigenvalue weighted by Crippen LogP contribution is -2.26. The molecule has 16 heavy (non-hydrogen) atoms. The highest BCUT2D eigenvalue weighted by Gasteiger charge is 2.10. The zero-order valence-corrected chi connectivity index (χ0v) is 8.59. The number of terminal acetylenes is 1. The maximum absolute atomic E-state index is 13.2. The van der Waals surface area contributed by atoms with Crippen molar-refractivity contribution in [3.8, 4) is 12.3 Å². The Balaban J connectivity index is 2.57. The fraction of sp³-hybridized carbons (Fsp3) is 0.250. The first-order valence-electron chi connectivity index (χ1n) is 4.78. The fourth-order valence-corrected chi connectivity index (χ4v) is 1.19. The third kappa shape index (κ3) is 3.35. The molecule has 0 aromatic heterocycles. The minimum Gasteiger partial charge on any atom is -0.355 e. The Morgan fingerprint density at radius 2 is 2.19 bits per heavy atom. The number of amides is 1. The highest BCUT2D eigenvalue weighted by molar-refractivity contribution is 5.78. The van der Waals surface area contributed by atoms with Crippen molar-refractivity contribution in [3.05, 3.63) is 35.4 Å². The predicted octanol–water partition coefficient (Wildman–Crippen LogP) is 1.65. The molecule has 0 aliphatic rings. The van der Waals surface area contributed by atoms with E-state index < -0.39 is 11.6 Å². The lowest BCUT2D eigenvalue weighted by molar-refractivity contribution is -0.120. The first kappa shape index (κ1) is 12.2. The first-order chi connectivity index (χ1) is 7.65. The molecule has 0 bridgehead atoms. The average molecular weight is 223 g/mol. The van der Waals surface area contributed by atoms with Gasteiger partial charge in [-0.1, -0.05) is 12.1 Å². The van der Waals surface area contributed by atoms with Gasteiger partial charge in [0.25, 0.3) is 0 Å². The summed E-state index contributed by atoms with van der Waals surface area (Å²) >= 11 is 0. The van der Waals surface area contributed by atoms with Crippen molar-refractivity contribution in [3.63, 3.8) is 0 Å². The molecule has 0 aliphatic heterocycles. The lowest BCUT2D eigenvalue weighted by Gasteiger charge is -2.04. The van der Waals surface area contributed by atoms with Gasteiger partial charge in [-0.2, -0.15) is 0 Å². The van der Waals surface area contributed by atoms with Crippen LogP contribution in [0.2, 0.25) is 0 Å². The van der Waals surface area contributed by atoms with E-state index in [-0.39, 0.29) is 17.9 Å².